The molecule has 0 atom stereocenters. The zero-order valence-corrected chi connectivity index (χ0v) is 17.7. The van der Waals surface area contributed by atoms with Crippen molar-refractivity contribution in [3.05, 3.63) is 71.3 Å². The van der Waals surface area contributed by atoms with Crippen molar-refractivity contribution in [2.75, 3.05) is 5.75 Å². The summed E-state index contributed by atoms with van der Waals surface area (Å²) in [6.45, 7) is 1.80. The predicted molar refractivity (Wildman–Crippen MR) is 114 cm³/mol. The SMILES string of the molecule is Cc1nc(-c2ccc(C(F)(F)F)cc2)oc1CCSc1ccc2c(CC(=O)O)coc2c1. The summed E-state index contributed by atoms with van der Waals surface area (Å²) in [5.74, 6) is 0.745. The van der Waals surface area contributed by atoms with Gasteiger partial charge in [0.05, 0.1) is 23.9 Å². The van der Waals surface area contributed by atoms with Crippen molar-refractivity contribution in [1.82, 2.24) is 4.98 Å². The third-order valence-electron chi connectivity index (χ3n) is 4.92. The van der Waals surface area contributed by atoms with E-state index in [-0.39, 0.29) is 6.42 Å². The number of carboxylic acid groups (broad SMARTS) is 1. The number of aryl methyl sites for hydroxylation is 2. The zero-order chi connectivity index (χ0) is 22.9. The van der Waals surface area contributed by atoms with Crippen LogP contribution in [0, 0.1) is 6.92 Å². The first-order chi connectivity index (χ1) is 15.2. The topological polar surface area (TPSA) is 76.5 Å². The second kappa shape index (κ2) is 8.74. The van der Waals surface area contributed by atoms with Gasteiger partial charge in [-0.3, -0.25) is 4.79 Å². The van der Waals surface area contributed by atoms with E-state index in [0.29, 0.717) is 46.2 Å². The maximum absolute atomic E-state index is 12.7. The fourth-order valence-electron chi connectivity index (χ4n) is 3.30. The summed E-state index contributed by atoms with van der Waals surface area (Å²) in [7, 11) is 0. The van der Waals surface area contributed by atoms with Gasteiger partial charge in [0, 0.05) is 33.6 Å². The minimum absolute atomic E-state index is 0.0917. The molecule has 9 heteroatoms. The number of rotatable bonds is 7. The van der Waals surface area contributed by atoms with E-state index in [4.69, 9.17) is 13.9 Å². The molecule has 1 N–H and O–H groups in total. The molecule has 0 saturated heterocycles. The molecular formula is C23H18F3NO4S. The quantitative estimate of drug-likeness (QED) is 0.322. The minimum Gasteiger partial charge on any atom is -0.481 e. The number of carboxylic acids is 1. The second-order valence-electron chi connectivity index (χ2n) is 7.19. The van der Waals surface area contributed by atoms with Crippen LogP contribution in [0.2, 0.25) is 0 Å². The largest absolute Gasteiger partial charge is 0.481 e. The van der Waals surface area contributed by atoms with Gasteiger partial charge < -0.3 is 13.9 Å². The number of oxazole rings is 1. The van der Waals surface area contributed by atoms with Gasteiger partial charge in [-0.1, -0.05) is 0 Å². The average Bonchev–Trinajstić information content (AvgIpc) is 3.30. The highest BCUT2D eigenvalue weighted by atomic mass is 32.2. The van der Waals surface area contributed by atoms with Gasteiger partial charge in [0.25, 0.3) is 0 Å². The standard InChI is InChI=1S/C23H18F3NO4S/c1-13-19(31-22(27-13)14-2-4-16(5-3-14)23(24,25)26)8-9-32-17-6-7-18-15(10-21(28)29)12-30-20(18)11-17/h2-7,11-12H,8-10H2,1H3,(H,28,29). The monoisotopic (exact) mass is 461 g/mol. The first-order valence-corrected chi connectivity index (χ1v) is 10.7. The molecule has 0 unspecified atom stereocenters. The van der Waals surface area contributed by atoms with Gasteiger partial charge in [-0.05, 0) is 49.4 Å². The summed E-state index contributed by atoms with van der Waals surface area (Å²) in [4.78, 5) is 16.2. The number of benzene rings is 2. The minimum atomic E-state index is -4.39. The molecule has 0 radical (unpaired) electrons. The van der Waals surface area contributed by atoms with Gasteiger partial charge in [0.2, 0.25) is 5.89 Å². The molecule has 2 heterocycles. The van der Waals surface area contributed by atoms with E-state index in [0.717, 1.165) is 22.4 Å². The Morgan fingerprint density at radius 1 is 1.16 bits per heavy atom. The second-order valence-corrected chi connectivity index (χ2v) is 8.36. The molecule has 0 aliphatic heterocycles. The number of hydrogen-bond acceptors (Lipinski definition) is 5. The van der Waals surface area contributed by atoms with Gasteiger partial charge >= 0.3 is 12.1 Å². The Morgan fingerprint density at radius 3 is 2.59 bits per heavy atom. The van der Waals surface area contributed by atoms with Crippen molar-refractivity contribution in [3.8, 4) is 11.5 Å². The first-order valence-electron chi connectivity index (χ1n) is 9.69. The van der Waals surface area contributed by atoms with Crippen LogP contribution in [0.5, 0.6) is 0 Å². The van der Waals surface area contributed by atoms with Crippen molar-refractivity contribution in [1.29, 1.82) is 0 Å². The molecular weight excluding hydrogens is 443 g/mol. The normalized spacial score (nSPS) is 11.9. The first kappa shape index (κ1) is 22.0. The highest BCUT2D eigenvalue weighted by Gasteiger charge is 2.30. The molecule has 0 aliphatic carbocycles. The Hall–Kier alpha value is -3.20. The summed E-state index contributed by atoms with van der Waals surface area (Å²) in [6.07, 6.45) is -2.42. The lowest BCUT2D eigenvalue weighted by Gasteiger charge is -2.06. The van der Waals surface area contributed by atoms with E-state index < -0.39 is 17.7 Å². The number of alkyl halides is 3. The van der Waals surface area contributed by atoms with Crippen LogP contribution in [0.25, 0.3) is 22.4 Å². The van der Waals surface area contributed by atoms with Gasteiger partial charge in [0.1, 0.15) is 11.3 Å². The molecule has 0 bridgehead atoms. The third kappa shape index (κ3) is 4.83. The Morgan fingerprint density at radius 2 is 1.91 bits per heavy atom. The highest BCUT2D eigenvalue weighted by Crippen LogP contribution is 2.32. The van der Waals surface area contributed by atoms with Gasteiger partial charge in [0.15, 0.2) is 0 Å². The molecule has 2 aromatic carbocycles. The van der Waals surface area contributed by atoms with E-state index in [1.54, 1.807) is 18.7 Å². The Bertz CT molecular complexity index is 1260. The van der Waals surface area contributed by atoms with Crippen LogP contribution in [-0.2, 0) is 23.8 Å². The van der Waals surface area contributed by atoms with Crippen molar-refractivity contribution < 1.29 is 31.9 Å². The van der Waals surface area contributed by atoms with Crippen LogP contribution in [0.4, 0.5) is 13.2 Å². The van der Waals surface area contributed by atoms with E-state index >= 15 is 0 Å². The third-order valence-corrected chi connectivity index (χ3v) is 5.91. The lowest BCUT2D eigenvalue weighted by molar-refractivity contribution is -0.138. The van der Waals surface area contributed by atoms with Crippen LogP contribution < -0.4 is 0 Å². The van der Waals surface area contributed by atoms with Crippen LogP contribution in [0.3, 0.4) is 0 Å². The van der Waals surface area contributed by atoms with Crippen molar-refractivity contribution in [3.63, 3.8) is 0 Å². The molecule has 0 fully saturated rings. The molecule has 32 heavy (non-hydrogen) atoms. The highest BCUT2D eigenvalue weighted by molar-refractivity contribution is 7.99. The van der Waals surface area contributed by atoms with Crippen LogP contribution in [0.15, 0.2) is 62.5 Å². The average molecular weight is 461 g/mol. The summed E-state index contributed by atoms with van der Waals surface area (Å²) in [6, 6.07) is 10.4. The number of halogens is 3. The number of fused-ring (bicyclic) bond motifs is 1. The Labute approximate surface area is 185 Å². The van der Waals surface area contributed by atoms with Crippen molar-refractivity contribution in [2.45, 2.75) is 30.8 Å². The Balaban J connectivity index is 1.40. The zero-order valence-electron chi connectivity index (χ0n) is 16.9. The molecule has 0 amide bonds. The number of aliphatic carboxylic acids is 1. The maximum atomic E-state index is 12.7. The number of carbonyl (C=O) groups is 1. The molecule has 5 nitrogen and oxygen atoms in total. The number of nitrogens with zero attached hydrogens (tertiary/aromatic N) is 1. The van der Waals surface area contributed by atoms with Gasteiger partial charge in [-0.15, -0.1) is 11.8 Å². The summed E-state index contributed by atoms with van der Waals surface area (Å²) < 4.78 is 49.5. The van der Waals surface area contributed by atoms with E-state index in [9.17, 15) is 18.0 Å². The number of aromatic nitrogens is 1. The predicted octanol–water partition coefficient (Wildman–Crippen LogP) is 6.38. The lowest BCUT2D eigenvalue weighted by Crippen LogP contribution is -2.03. The lowest BCUT2D eigenvalue weighted by atomic mass is 10.1. The van der Waals surface area contributed by atoms with Crippen LogP contribution in [-0.4, -0.2) is 21.8 Å². The smallest absolute Gasteiger partial charge is 0.416 e. The van der Waals surface area contributed by atoms with Crippen LogP contribution in [0.1, 0.15) is 22.6 Å². The molecule has 0 aliphatic rings. The number of thioether (sulfide) groups is 1. The van der Waals surface area contributed by atoms with Gasteiger partial charge in [-0.25, -0.2) is 4.98 Å². The molecule has 4 aromatic rings. The fraction of sp³-hybridized carbons (Fsp3) is 0.217. The molecule has 0 saturated carbocycles. The number of furan rings is 1. The molecule has 2 aromatic heterocycles. The fourth-order valence-corrected chi connectivity index (χ4v) is 4.18. The molecule has 0 spiro atoms. The van der Waals surface area contributed by atoms with Crippen molar-refractivity contribution >= 4 is 28.7 Å². The maximum Gasteiger partial charge on any atom is 0.416 e. The van der Waals surface area contributed by atoms with Gasteiger partial charge in [-0.2, -0.15) is 13.2 Å². The number of hydrogen-bond donors (Lipinski definition) is 1. The molecule has 4 rings (SSSR count). The van der Waals surface area contributed by atoms with E-state index in [1.165, 1.54) is 18.4 Å². The summed E-state index contributed by atoms with van der Waals surface area (Å²) in [5, 5.41) is 9.74. The Kier molecular flexibility index (Phi) is 6.01. The summed E-state index contributed by atoms with van der Waals surface area (Å²) in [5.41, 5.74) is 1.73. The van der Waals surface area contributed by atoms with E-state index in [2.05, 4.69) is 4.98 Å². The van der Waals surface area contributed by atoms with E-state index in [1.807, 2.05) is 18.2 Å². The van der Waals surface area contributed by atoms with Crippen LogP contribution >= 0.6 is 11.8 Å². The molecule has 166 valence electrons. The summed E-state index contributed by atoms with van der Waals surface area (Å²) >= 11 is 1.58. The van der Waals surface area contributed by atoms with Crippen molar-refractivity contribution in [2.24, 2.45) is 0 Å².